The number of primary amides is 1. The van der Waals surface area contributed by atoms with Crippen molar-refractivity contribution < 1.29 is 18.7 Å². The first-order valence-electron chi connectivity index (χ1n) is 4.67. The van der Waals surface area contributed by atoms with Gasteiger partial charge in [0.2, 0.25) is 5.91 Å². The van der Waals surface area contributed by atoms with E-state index in [0.29, 0.717) is 23.5 Å². The number of carbonyl (C=O) groups is 1. The molecule has 1 aromatic rings. The summed E-state index contributed by atoms with van der Waals surface area (Å²) in [6, 6.07) is 2.62. The fourth-order valence-electron chi connectivity index (χ4n) is 1.50. The fraction of sp³-hybridized carbons (Fsp3) is 0.182. The van der Waals surface area contributed by atoms with E-state index >= 15 is 0 Å². The van der Waals surface area contributed by atoms with Crippen LogP contribution in [0.25, 0.3) is 6.08 Å². The third-order valence-corrected chi connectivity index (χ3v) is 2.13. The van der Waals surface area contributed by atoms with E-state index in [1.807, 2.05) is 0 Å². The van der Waals surface area contributed by atoms with Crippen molar-refractivity contribution in [2.75, 3.05) is 6.79 Å². The molecule has 1 aliphatic heterocycles. The standard InChI is InChI=1S/C11H10FNO3/c12-9-3-7(1-2-10(13)14)11-8(4-9)5-15-6-16-11/h1-4H,5-6H2,(H2,13,14)/b2-1+. The lowest BCUT2D eigenvalue weighted by Crippen LogP contribution is -2.13. The van der Waals surface area contributed by atoms with Gasteiger partial charge in [0.25, 0.3) is 0 Å². The van der Waals surface area contributed by atoms with Gasteiger partial charge in [-0.3, -0.25) is 4.79 Å². The molecule has 0 spiro atoms. The summed E-state index contributed by atoms with van der Waals surface area (Å²) < 4.78 is 23.5. The molecule has 0 bridgehead atoms. The number of halogens is 1. The zero-order valence-electron chi connectivity index (χ0n) is 8.40. The van der Waals surface area contributed by atoms with Gasteiger partial charge in [0, 0.05) is 17.2 Å². The van der Waals surface area contributed by atoms with Crippen molar-refractivity contribution >= 4 is 12.0 Å². The highest BCUT2D eigenvalue weighted by Crippen LogP contribution is 2.30. The van der Waals surface area contributed by atoms with Crippen LogP contribution in [-0.4, -0.2) is 12.7 Å². The molecule has 0 fully saturated rings. The van der Waals surface area contributed by atoms with E-state index in [2.05, 4.69) is 0 Å². The Balaban J connectivity index is 2.43. The topological polar surface area (TPSA) is 61.6 Å². The van der Waals surface area contributed by atoms with Crippen LogP contribution in [0, 0.1) is 5.82 Å². The number of hydrogen-bond acceptors (Lipinski definition) is 3. The van der Waals surface area contributed by atoms with Crippen molar-refractivity contribution in [3.63, 3.8) is 0 Å². The zero-order valence-corrected chi connectivity index (χ0v) is 8.40. The Morgan fingerprint density at radius 3 is 3.06 bits per heavy atom. The summed E-state index contributed by atoms with van der Waals surface area (Å²) in [5, 5.41) is 0. The predicted octanol–water partition coefficient (Wildman–Crippen LogP) is 1.19. The average molecular weight is 223 g/mol. The maximum absolute atomic E-state index is 13.2. The largest absolute Gasteiger partial charge is 0.467 e. The molecule has 5 heteroatoms. The summed E-state index contributed by atoms with van der Waals surface area (Å²) in [5.41, 5.74) is 6.07. The number of fused-ring (bicyclic) bond motifs is 1. The molecule has 0 radical (unpaired) electrons. The van der Waals surface area contributed by atoms with Crippen LogP contribution in [0.3, 0.4) is 0 Å². The van der Waals surface area contributed by atoms with Gasteiger partial charge < -0.3 is 15.2 Å². The highest BCUT2D eigenvalue weighted by atomic mass is 19.1. The smallest absolute Gasteiger partial charge is 0.241 e. The molecule has 0 unspecified atom stereocenters. The molecular weight excluding hydrogens is 213 g/mol. The molecule has 4 nitrogen and oxygen atoms in total. The Bertz CT molecular complexity index is 457. The van der Waals surface area contributed by atoms with Crippen molar-refractivity contribution in [2.45, 2.75) is 6.61 Å². The number of carbonyl (C=O) groups excluding carboxylic acids is 1. The van der Waals surface area contributed by atoms with Crippen LogP contribution in [0.5, 0.6) is 5.75 Å². The van der Waals surface area contributed by atoms with Gasteiger partial charge in [0.1, 0.15) is 11.6 Å². The van der Waals surface area contributed by atoms with Crippen molar-refractivity contribution in [3.05, 3.63) is 35.2 Å². The summed E-state index contributed by atoms with van der Waals surface area (Å²) in [7, 11) is 0. The third kappa shape index (κ3) is 2.20. The average Bonchev–Trinajstić information content (AvgIpc) is 2.25. The van der Waals surface area contributed by atoms with Crippen LogP contribution in [0.2, 0.25) is 0 Å². The Kier molecular flexibility index (Phi) is 2.87. The molecule has 1 heterocycles. The van der Waals surface area contributed by atoms with E-state index < -0.39 is 11.7 Å². The fourth-order valence-corrected chi connectivity index (χ4v) is 1.50. The minimum Gasteiger partial charge on any atom is -0.467 e. The van der Waals surface area contributed by atoms with Gasteiger partial charge in [-0.2, -0.15) is 0 Å². The van der Waals surface area contributed by atoms with Crippen molar-refractivity contribution in [1.29, 1.82) is 0 Å². The van der Waals surface area contributed by atoms with Gasteiger partial charge in [0.15, 0.2) is 6.79 Å². The highest BCUT2D eigenvalue weighted by Gasteiger charge is 2.15. The first kappa shape index (κ1) is 10.6. The van der Waals surface area contributed by atoms with E-state index in [4.69, 9.17) is 15.2 Å². The monoisotopic (exact) mass is 223 g/mol. The van der Waals surface area contributed by atoms with E-state index in [-0.39, 0.29) is 6.79 Å². The van der Waals surface area contributed by atoms with E-state index in [1.54, 1.807) is 0 Å². The quantitative estimate of drug-likeness (QED) is 0.766. The summed E-state index contributed by atoms with van der Waals surface area (Å²) in [6.07, 6.45) is 2.59. The summed E-state index contributed by atoms with van der Waals surface area (Å²) >= 11 is 0. The number of amides is 1. The second kappa shape index (κ2) is 4.32. The lowest BCUT2D eigenvalue weighted by Gasteiger charge is -2.19. The van der Waals surface area contributed by atoms with Crippen LogP contribution in [-0.2, 0) is 16.1 Å². The summed E-state index contributed by atoms with van der Waals surface area (Å²) in [5.74, 6) is -0.466. The van der Waals surface area contributed by atoms with E-state index in [1.165, 1.54) is 18.2 Å². The zero-order chi connectivity index (χ0) is 11.5. The van der Waals surface area contributed by atoms with Crippen molar-refractivity contribution in [2.24, 2.45) is 5.73 Å². The highest BCUT2D eigenvalue weighted by molar-refractivity contribution is 5.90. The molecule has 2 rings (SSSR count). The Morgan fingerprint density at radius 1 is 1.50 bits per heavy atom. The molecule has 16 heavy (non-hydrogen) atoms. The summed E-state index contributed by atoms with van der Waals surface area (Å²) in [6.45, 7) is 0.417. The molecule has 1 aromatic carbocycles. The Hall–Kier alpha value is -1.88. The van der Waals surface area contributed by atoms with Gasteiger partial charge in [-0.1, -0.05) is 0 Å². The molecule has 1 aliphatic rings. The number of rotatable bonds is 2. The van der Waals surface area contributed by atoms with Crippen LogP contribution < -0.4 is 10.5 Å². The van der Waals surface area contributed by atoms with E-state index in [9.17, 15) is 9.18 Å². The first-order valence-corrected chi connectivity index (χ1v) is 4.67. The normalized spacial score (nSPS) is 14.6. The summed E-state index contributed by atoms with van der Waals surface area (Å²) in [4.78, 5) is 10.6. The van der Waals surface area contributed by atoms with Crippen LogP contribution in [0.4, 0.5) is 4.39 Å². The molecular formula is C11H10FNO3. The predicted molar refractivity (Wildman–Crippen MR) is 54.9 cm³/mol. The van der Waals surface area contributed by atoms with Gasteiger partial charge >= 0.3 is 0 Å². The van der Waals surface area contributed by atoms with Gasteiger partial charge in [-0.05, 0) is 18.2 Å². The van der Waals surface area contributed by atoms with Gasteiger partial charge in [-0.25, -0.2) is 4.39 Å². The molecule has 84 valence electrons. The Morgan fingerprint density at radius 2 is 2.31 bits per heavy atom. The minimum absolute atomic E-state index is 0.121. The molecule has 0 aliphatic carbocycles. The second-order valence-electron chi connectivity index (χ2n) is 3.33. The Labute approximate surface area is 91.5 Å². The maximum Gasteiger partial charge on any atom is 0.241 e. The number of benzene rings is 1. The number of hydrogen-bond donors (Lipinski definition) is 1. The third-order valence-electron chi connectivity index (χ3n) is 2.13. The molecule has 0 atom stereocenters. The second-order valence-corrected chi connectivity index (χ2v) is 3.33. The lowest BCUT2D eigenvalue weighted by atomic mass is 10.1. The lowest BCUT2D eigenvalue weighted by molar-refractivity contribution is -0.113. The SMILES string of the molecule is NC(=O)/C=C/c1cc(F)cc2c1OCOC2. The van der Waals surface area contributed by atoms with E-state index in [0.717, 1.165) is 6.08 Å². The van der Waals surface area contributed by atoms with Crippen molar-refractivity contribution in [1.82, 2.24) is 0 Å². The first-order chi connectivity index (χ1) is 7.66. The van der Waals surface area contributed by atoms with Crippen LogP contribution in [0.1, 0.15) is 11.1 Å². The maximum atomic E-state index is 13.2. The van der Waals surface area contributed by atoms with Crippen LogP contribution in [0.15, 0.2) is 18.2 Å². The number of nitrogens with two attached hydrogens (primary N) is 1. The molecule has 0 aromatic heterocycles. The molecule has 1 amide bonds. The van der Waals surface area contributed by atoms with Gasteiger partial charge in [0.05, 0.1) is 6.61 Å². The minimum atomic E-state index is -0.593. The molecule has 0 saturated carbocycles. The number of ether oxygens (including phenoxy) is 2. The van der Waals surface area contributed by atoms with Gasteiger partial charge in [-0.15, -0.1) is 0 Å². The van der Waals surface area contributed by atoms with Crippen molar-refractivity contribution in [3.8, 4) is 5.75 Å². The molecule has 0 saturated heterocycles. The molecule has 2 N–H and O–H groups in total. The van der Waals surface area contributed by atoms with Crippen LogP contribution >= 0.6 is 0 Å².